The Kier molecular flexibility index (Phi) is 4.29. The largest absolute Gasteiger partial charge is 0.398 e. The van der Waals surface area contributed by atoms with Gasteiger partial charge < -0.3 is 5.73 Å². The van der Waals surface area contributed by atoms with Crippen molar-refractivity contribution in [3.8, 4) is 0 Å². The molecule has 2 rings (SSSR count). The summed E-state index contributed by atoms with van der Waals surface area (Å²) in [7, 11) is -3.51. The normalized spacial score (nSPS) is 17.2. The minimum absolute atomic E-state index is 0.148. The second-order valence-corrected chi connectivity index (χ2v) is 7.34. The summed E-state index contributed by atoms with van der Waals surface area (Å²) in [6.07, 6.45) is 4.61. The van der Waals surface area contributed by atoms with Crippen molar-refractivity contribution >= 4 is 31.6 Å². The number of hydrogen-bond acceptors (Lipinski definition) is 3. The van der Waals surface area contributed by atoms with Crippen LogP contribution in [0.3, 0.4) is 0 Å². The predicted octanol–water partition coefficient (Wildman–Crippen LogP) is 2.50. The van der Waals surface area contributed by atoms with Crippen molar-refractivity contribution in [1.29, 1.82) is 0 Å². The number of benzene rings is 1. The molecule has 1 aliphatic carbocycles. The van der Waals surface area contributed by atoms with Crippen molar-refractivity contribution < 1.29 is 8.42 Å². The third kappa shape index (κ3) is 3.24. The third-order valence-electron chi connectivity index (χ3n) is 3.30. The topological polar surface area (TPSA) is 72.2 Å². The number of sulfonamides is 1. The number of hydrogen-bond donors (Lipinski definition) is 2. The van der Waals surface area contributed by atoms with Crippen LogP contribution in [-0.4, -0.2) is 15.0 Å². The van der Waals surface area contributed by atoms with E-state index < -0.39 is 10.0 Å². The quantitative estimate of drug-likeness (QED) is 0.832. The van der Waals surface area contributed by atoms with Gasteiger partial charge in [0, 0.05) is 11.0 Å². The van der Waals surface area contributed by atoms with Crippen molar-refractivity contribution in [2.24, 2.45) is 5.92 Å². The van der Waals surface area contributed by atoms with Gasteiger partial charge in [-0.1, -0.05) is 28.8 Å². The number of rotatable bonds is 4. The highest BCUT2D eigenvalue weighted by molar-refractivity contribution is 9.10. The first kappa shape index (κ1) is 13.8. The Morgan fingerprint density at radius 1 is 1.33 bits per heavy atom. The van der Waals surface area contributed by atoms with Crippen LogP contribution in [0.1, 0.15) is 25.7 Å². The maximum atomic E-state index is 12.1. The number of nitrogens with two attached hydrogens (primary N) is 1. The molecule has 0 spiro atoms. The molecule has 0 aliphatic heterocycles. The Balaban J connectivity index is 2.12. The number of nitrogens with one attached hydrogen (secondary N) is 1. The third-order valence-corrected chi connectivity index (χ3v) is 5.27. The highest BCUT2D eigenvalue weighted by atomic mass is 79.9. The molecule has 1 aliphatic rings. The van der Waals surface area contributed by atoms with E-state index >= 15 is 0 Å². The van der Waals surface area contributed by atoms with Gasteiger partial charge >= 0.3 is 0 Å². The Bertz CT molecular complexity index is 525. The molecule has 1 saturated carbocycles. The highest BCUT2D eigenvalue weighted by Gasteiger charge is 2.21. The van der Waals surface area contributed by atoms with E-state index in [4.69, 9.17) is 5.73 Å². The maximum absolute atomic E-state index is 12.1. The van der Waals surface area contributed by atoms with Gasteiger partial charge in [0.1, 0.15) is 4.90 Å². The van der Waals surface area contributed by atoms with Gasteiger partial charge in [-0.05, 0) is 37.0 Å². The van der Waals surface area contributed by atoms with E-state index in [-0.39, 0.29) is 10.6 Å². The van der Waals surface area contributed by atoms with Crippen LogP contribution in [0.15, 0.2) is 27.6 Å². The van der Waals surface area contributed by atoms with E-state index in [1.807, 2.05) is 0 Å². The first-order chi connectivity index (χ1) is 8.49. The highest BCUT2D eigenvalue weighted by Crippen LogP contribution is 2.26. The van der Waals surface area contributed by atoms with Crippen LogP contribution >= 0.6 is 15.9 Å². The summed E-state index contributed by atoms with van der Waals surface area (Å²) in [6, 6.07) is 4.85. The fourth-order valence-electron chi connectivity index (χ4n) is 2.26. The van der Waals surface area contributed by atoms with Gasteiger partial charge in [0.2, 0.25) is 10.0 Å². The first-order valence-corrected chi connectivity index (χ1v) is 8.31. The molecule has 0 radical (unpaired) electrons. The number of nitrogen functional groups attached to an aromatic ring is 1. The van der Waals surface area contributed by atoms with Gasteiger partial charge in [-0.2, -0.15) is 0 Å². The molecule has 3 N–H and O–H groups in total. The smallest absolute Gasteiger partial charge is 0.242 e. The summed E-state index contributed by atoms with van der Waals surface area (Å²) in [4.78, 5) is 0.148. The van der Waals surface area contributed by atoms with Crippen molar-refractivity contribution in [2.75, 3.05) is 12.3 Å². The average molecular weight is 333 g/mol. The van der Waals surface area contributed by atoms with Crippen LogP contribution in [0.25, 0.3) is 0 Å². The minimum atomic E-state index is -3.51. The zero-order valence-corrected chi connectivity index (χ0v) is 12.4. The summed E-state index contributed by atoms with van der Waals surface area (Å²) in [5.74, 6) is 0.466. The Labute approximate surface area is 116 Å². The number of anilines is 1. The van der Waals surface area contributed by atoms with E-state index in [0.29, 0.717) is 16.9 Å². The lowest BCUT2D eigenvalue weighted by Crippen LogP contribution is -2.29. The molecule has 0 bridgehead atoms. The van der Waals surface area contributed by atoms with Crippen LogP contribution in [0.4, 0.5) is 5.69 Å². The Morgan fingerprint density at radius 2 is 2.00 bits per heavy atom. The molecule has 18 heavy (non-hydrogen) atoms. The lowest BCUT2D eigenvalue weighted by Gasteiger charge is -2.12. The summed E-state index contributed by atoms with van der Waals surface area (Å²) >= 11 is 3.26. The van der Waals surface area contributed by atoms with Crippen LogP contribution in [-0.2, 0) is 10.0 Å². The summed E-state index contributed by atoms with van der Waals surface area (Å²) in [5.41, 5.74) is 5.99. The molecule has 1 fully saturated rings. The van der Waals surface area contributed by atoms with E-state index in [0.717, 1.165) is 12.8 Å². The predicted molar refractivity (Wildman–Crippen MR) is 75.7 cm³/mol. The molecule has 4 nitrogen and oxygen atoms in total. The fraction of sp³-hybridized carbons (Fsp3) is 0.500. The van der Waals surface area contributed by atoms with Gasteiger partial charge in [-0.25, -0.2) is 13.1 Å². The maximum Gasteiger partial charge on any atom is 0.242 e. The van der Waals surface area contributed by atoms with Crippen molar-refractivity contribution in [2.45, 2.75) is 30.6 Å². The number of halogens is 1. The van der Waals surface area contributed by atoms with E-state index in [1.165, 1.54) is 18.9 Å². The lowest BCUT2D eigenvalue weighted by molar-refractivity contribution is 0.520. The molecule has 0 unspecified atom stereocenters. The van der Waals surface area contributed by atoms with E-state index in [1.54, 1.807) is 12.1 Å². The molecular weight excluding hydrogens is 316 g/mol. The van der Waals surface area contributed by atoms with Crippen molar-refractivity contribution in [3.05, 3.63) is 22.7 Å². The summed E-state index contributed by atoms with van der Waals surface area (Å²) in [6.45, 7) is 0.508. The molecule has 1 aromatic rings. The molecular formula is C12H17BrN2O2S. The lowest BCUT2D eigenvalue weighted by atomic mass is 10.1. The second-order valence-electron chi connectivity index (χ2n) is 4.68. The van der Waals surface area contributed by atoms with Crippen LogP contribution in [0.5, 0.6) is 0 Å². The molecule has 0 heterocycles. The SMILES string of the molecule is Nc1ccc(Br)cc1S(=O)(=O)NCC1CCCC1. The monoisotopic (exact) mass is 332 g/mol. The van der Waals surface area contributed by atoms with E-state index in [2.05, 4.69) is 20.7 Å². The first-order valence-electron chi connectivity index (χ1n) is 6.04. The average Bonchev–Trinajstić information content (AvgIpc) is 2.83. The van der Waals surface area contributed by atoms with Gasteiger partial charge in [-0.3, -0.25) is 0 Å². The van der Waals surface area contributed by atoms with Gasteiger partial charge in [0.05, 0.1) is 5.69 Å². The zero-order chi connectivity index (χ0) is 13.2. The second kappa shape index (κ2) is 5.59. The molecule has 0 saturated heterocycles. The van der Waals surface area contributed by atoms with Crippen LogP contribution in [0, 0.1) is 5.92 Å². The zero-order valence-electron chi connectivity index (χ0n) is 10.0. The fourth-order valence-corrected chi connectivity index (χ4v) is 4.04. The summed E-state index contributed by atoms with van der Waals surface area (Å²) < 4.78 is 27.7. The minimum Gasteiger partial charge on any atom is -0.398 e. The van der Waals surface area contributed by atoms with Gasteiger partial charge in [0.25, 0.3) is 0 Å². The van der Waals surface area contributed by atoms with Crippen molar-refractivity contribution in [3.63, 3.8) is 0 Å². The Morgan fingerprint density at radius 3 is 2.67 bits per heavy atom. The summed E-state index contributed by atoms with van der Waals surface area (Å²) in [5, 5.41) is 0. The molecule has 100 valence electrons. The van der Waals surface area contributed by atoms with Gasteiger partial charge in [-0.15, -0.1) is 0 Å². The molecule has 1 aromatic carbocycles. The van der Waals surface area contributed by atoms with Gasteiger partial charge in [0.15, 0.2) is 0 Å². The van der Waals surface area contributed by atoms with Crippen LogP contribution < -0.4 is 10.5 Å². The van der Waals surface area contributed by atoms with Crippen molar-refractivity contribution in [1.82, 2.24) is 4.72 Å². The molecule has 6 heteroatoms. The molecule has 0 aromatic heterocycles. The van der Waals surface area contributed by atoms with E-state index in [9.17, 15) is 8.42 Å². The molecule has 0 amide bonds. The molecule has 0 atom stereocenters. The Hall–Kier alpha value is -0.590. The standard InChI is InChI=1S/C12H17BrN2O2S/c13-10-5-6-11(14)12(7-10)18(16,17)15-8-9-3-1-2-4-9/h5-7,9,15H,1-4,8,14H2. The van der Waals surface area contributed by atoms with Crippen LogP contribution in [0.2, 0.25) is 0 Å².